The third-order valence-electron chi connectivity index (χ3n) is 5.93. The summed E-state index contributed by atoms with van der Waals surface area (Å²) in [5.74, 6) is 1.28. The number of carbonyl (C=O) groups is 1. The Morgan fingerprint density at radius 3 is 2.39 bits per heavy atom. The van der Waals surface area contributed by atoms with Crippen molar-refractivity contribution in [1.29, 1.82) is 0 Å². The van der Waals surface area contributed by atoms with E-state index in [0.29, 0.717) is 18.0 Å². The fourth-order valence-corrected chi connectivity index (χ4v) is 3.84. The maximum atomic E-state index is 12.4. The average molecular weight is 325 g/mol. The van der Waals surface area contributed by atoms with E-state index >= 15 is 0 Å². The highest BCUT2D eigenvalue weighted by atomic mass is 16.3. The van der Waals surface area contributed by atoms with Gasteiger partial charge in [-0.15, -0.1) is 0 Å². The van der Waals surface area contributed by atoms with E-state index < -0.39 is 0 Å². The van der Waals surface area contributed by atoms with E-state index in [2.05, 4.69) is 24.1 Å². The van der Waals surface area contributed by atoms with Gasteiger partial charge in [0.25, 0.3) is 0 Å². The Labute approximate surface area is 141 Å². The van der Waals surface area contributed by atoms with Crippen molar-refractivity contribution in [2.75, 3.05) is 33.3 Å². The van der Waals surface area contributed by atoms with E-state index in [-0.39, 0.29) is 12.6 Å². The van der Waals surface area contributed by atoms with Gasteiger partial charge in [-0.1, -0.05) is 6.92 Å². The quantitative estimate of drug-likeness (QED) is 0.815. The number of hydrogen-bond acceptors (Lipinski definition) is 3. The second-order valence-corrected chi connectivity index (χ2v) is 7.72. The summed E-state index contributed by atoms with van der Waals surface area (Å²) in [4.78, 5) is 16.7. The summed E-state index contributed by atoms with van der Waals surface area (Å²) in [6.07, 6.45) is 6.62. The first-order chi connectivity index (χ1) is 11.0. The molecule has 134 valence electrons. The van der Waals surface area contributed by atoms with Crippen LogP contribution in [0.15, 0.2) is 0 Å². The molecule has 1 saturated carbocycles. The van der Waals surface area contributed by atoms with E-state index in [1.165, 1.54) is 12.8 Å². The van der Waals surface area contributed by atoms with Gasteiger partial charge < -0.3 is 15.3 Å². The normalized spacial score (nSPS) is 28.3. The highest BCUT2D eigenvalue weighted by Crippen LogP contribution is 2.26. The molecule has 5 nitrogen and oxygen atoms in total. The SMILES string of the molecule is CC1CCN(C(C)CNC(=O)N(C)C2CCC(CO)CC2)CC1. The van der Waals surface area contributed by atoms with Gasteiger partial charge in [0.2, 0.25) is 0 Å². The van der Waals surface area contributed by atoms with Gasteiger partial charge in [-0.05, 0) is 70.4 Å². The van der Waals surface area contributed by atoms with Gasteiger partial charge in [-0.3, -0.25) is 4.90 Å². The highest BCUT2D eigenvalue weighted by Gasteiger charge is 2.27. The molecular formula is C18H35N3O2. The van der Waals surface area contributed by atoms with Crippen LogP contribution in [0.1, 0.15) is 52.4 Å². The first-order valence-corrected chi connectivity index (χ1v) is 9.36. The molecule has 1 unspecified atom stereocenters. The van der Waals surface area contributed by atoms with Gasteiger partial charge in [0.05, 0.1) is 0 Å². The maximum absolute atomic E-state index is 12.4. The Hall–Kier alpha value is -0.810. The van der Waals surface area contributed by atoms with E-state index in [1.54, 1.807) is 0 Å². The summed E-state index contributed by atoms with van der Waals surface area (Å²) in [5, 5.41) is 12.3. The highest BCUT2D eigenvalue weighted by molar-refractivity contribution is 5.74. The molecule has 1 atom stereocenters. The molecule has 1 aliphatic heterocycles. The minimum Gasteiger partial charge on any atom is -0.396 e. The van der Waals surface area contributed by atoms with Crippen molar-refractivity contribution >= 4 is 6.03 Å². The molecule has 5 heteroatoms. The molecule has 1 heterocycles. The predicted octanol–water partition coefficient (Wildman–Crippen LogP) is 2.30. The lowest BCUT2D eigenvalue weighted by molar-refractivity contribution is 0.126. The summed E-state index contributed by atoms with van der Waals surface area (Å²) >= 11 is 0. The maximum Gasteiger partial charge on any atom is 0.317 e. The topological polar surface area (TPSA) is 55.8 Å². The van der Waals surface area contributed by atoms with Crippen molar-refractivity contribution in [3.05, 3.63) is 0 Å². The number of rotatable bonds is 5. The fourth-order valence-electron chi connectivity index (χ4n) is 3.84. The lowest BCUT2D eigenvalue weighted by Crippen LogP contribution is -2.50. The van der Waals surface area contributed by atoms with Gasteiger partial charge in [0.1, 0.15) is 0 Å². The summed E-state index contributed by atoms with van der Waals surface area (Å²) in [6, 6.07) is 0.781. The number of urea groups is 1. The number of carbonyl (C=O) groups excluding carboxylic acids is 1. The van der Waals surface area contributed by atoms with Crippen molar-refractivity contribution in [1.82, 2.24) is 15.1 Å². The predicted molar refractivity (Wildman–Crippen MR) is 93.4 cm³/mol. The van der Waals surface area contributed by atoms with Crippen LogP contribution in [0.2, 0.25) is 0 Å². The lowest BCUT2D eigenvalue weighted by Gasteiger charge is -2.36. The number of nitrogens with zero attached hydrogens (tertiary/aromatic N) is 2. The van der Waals surface area contributed by atoms with E-state index in [0.717, 1.165) is 51.2 Å². The molecule has 2 rings (SSSR count). The minimum absolute atomic E-state index is 0.0506. The van der Waals surface area contributed by atoms with Crippen molar-refractivity contribution in [2.45, 2.75) is 64.5 Å². The molecule has 1 saturated heterocycles. The first kappa shape index (κ1) is 18.5. The fraction of sp³-hybridized carbons (Fsp3) is 0.944. The molecular weight excluding hydrogens is 290 g/mol. The minimum atomic E-state index is 0.0506. The Morgan fingerprint density at radius 2 is 1.83 bits per heavy atom. The van der Waals surface area contributed by atoms with Crippen molar-refractivity contribution < 1.29 is 9.90 Å². The Morgan fingerprint density at radius 1 is 1.22 bits per heavy atom. The molecule has 0 bridgehead atoms. The van der Waals surface area contributed by atoms with Crippen LogP contribution in [0.5, 0.6) is 0 Å². The van der Waals surface area contributed by atoms with Crippen molar-refractivity contribution in [3.8, 4) is 0 Å². The van der Waals surface area contributed by atoms with Crippen LogP contribution < -0.4 is 5.32 Å². The zero-order valence-electron chi connectivity index (χ0n) is 15.1. The van der Waals surface area contributed by atoms with E-state index in [1.807, 2.05) is 11.9 Å². The summed E-state index contributed by atoms with van der Waals surface area (Å²) in [7, 11) is 1.91. The van der Waals surface area contributed by atoms with Crippen LogP contribution in [0.3, 0.4) is 0 Å². The molecule has 2 aliphatic rings. The van der Waals surface area contributed by atoms with Crippen LogP contribution in [-0.4, -0.2) is 66.3 Å². The van der Waals surface area contributed by atoms with Gasteiger partial charge in [0, 0.05) is 32.3 Å². The van der Waals surface area contributed by atoms with Crippen molar-refractivity contribution in [2.24, 2.45) is 11.8 Å². The van der Waals surface area contributed by atoms with Crippen LogP contribution in [0.4, 0.5) is 4.79 Å². The zero-order valence-corrected chi connectivity index (χ0v) is 15.1. The van der Waals surface area contributed by atoms with E-state index in [9.17, 15) is 9.90 Å². The van der Waals surface area contributed by atoms with Crippen LogP contribution in [0, 0.1) is 11.8 Å². The lowest BCUT2D eigenvalue weighted by atomic mass is 9.86. The largest absolute Gasteiger partial charge is 0.396 e. The molecule has 2 amide bonds. The van der Waals surface area contributed by atoms with E-state index in [4.69, 9.17) is 0 Å². The van der Waals surface area contributed by atoms with Crippen LogP contribution in [-0.2, 0) is 0 Å². The number of nitrogens with one attached hydrogen (secondary N) is 1. The second-order valence-electron chi connectivity index (χ2n) is 7.72. The number of amides is 2. The third kappa shape index (κ3) is 5.35. The molecule has 23 heavy (non-hydrogen) atoms. The molecule has 0 aromatic heterocycles. The molecule has 0 spiro atoms. The molecule has 2 N–H and O–H groups in total. The number of piperidine rings is 1. The zero-order chi connectivity index (χ0) is 16.8. The molecule has 1 aliphatic carbocycles. The molecule has 0 aromatic carbocycles. The second kappa shape index (κ2) is 8.88. The molecule has 0 radical (unpaired) electrons. The summed E-state index contributed by atoms with van der Waals surface area (Å²) < 4.78 is 0. The Kier molecular flexibility index (Phi) is 7.15. The first-order valence-electron chi connectivity index (χ1n) is 9.36. The smallest absolute Gasteiger partial charge is 0.317 e. The van der Waals surface area contributed by atoms with Gasteiger partial charge in [0.15, 0.2) is 0 Å². The monoisotopic (exact) mass is 325 g/mol. The van der Waals surface area contributed by atoms with Gasteiger partial charge in [-0.25, -0.2) is 4.79 Å². The van der Waals surface area contributed by atoms with Gasteiger partial charge in [-0.2, -0.15) is 0 Å². The Bertz CT molecular complexity index is 361. The molecule has 2 fully saturated rings. The number of aliphatic hydroxyl groups excluding tert-OH is 1. The number of likely N-dealkylation sites (tertiary alicyclic amines) is 1. The number of hydrogen-bond donors (Lipinski definition) is 2. The van der Waals surface area contributed by atoms with Crippen LogP contribution in [0.25, 0.3) is 0 Å². The summed E-state index contributed by atoms with van der Waals surface area (Å²) in [5.41, 5.74) is 0. The molecule has 0 aromatic rings. The summed E-state index contributed by atoms with van der Waals surface area (Å²) in [6.45, 7) is 7.85. The van der Waals surface area contributed by atoms with Crippen molar-refractivity contribution in [3.63, 3.8) is 0 Å². The average Bonchev–Trinajstić information content (AvgIpc) is 2.59. The van der Waals surface area contributed by atoms with Crippen LogP contribution >= 0.6 is 0 Å². The Balaban J connectivity index is 1.69. The standard InChI is InChI=1S/C18H35N3O2/c1-14-8-10-21(11-9-14)15(2)12-19-18(23)20(3)17-6-4-16(13-22)5-7-17/h14-17,22H,4-13H2,1-3H3,(H,19,23). The number of aliphatic hydroxyl groups is 1. The third-order valence-corrected chi connectivity index (χ3v) is 5.93. The van der Waals surface area contributed by atoms with Gasteiger partial charge >= 0.3 is 6.03 Å².